The number of rotatable bonds is 1. The van der Waals surface area contributed by atoms with E-state index >= 15 is 0 Å². The van der Waals surface area contributed by atoms with Crippen LogP contribution in [0.3, 0.4) is 0 Å². The summed E-state index contributed by atoms with van der Waals surface area (Å²) in [7, 11) is 1.98. The maximum absolute atomic E-state index is 10.6. The molecule has 2 N–H and O–H groups in total. The van der Waals surface area contributed by atoms with Crippen molar-refractivity contribution in [3.8, 4) is 0 Å². The fourth-order valence-corrected chi connectivity index (χ4v) is 1.37. The number of hydrogen-bond donors (Lipinski definition) is 2. The molecule has 1 aromatic heterocycles. The zero-order chi connectivity index (χ0) is 9.42. The highest BCUT2D eigenvalue weighted by Gasteiger charge is 2.06. The van der Waals surface area contributed by atoms with Crippen LogP contribution in [0, 0.1) is 0 Å². The van der Waals surface area contributed by atoms with Crippen LogP contribution in [0.25, 0.3) is 10.9 Å². The number of fused-ring (bicyclic) bond motifs is 1. The summed E-state index contributed by atoms with van der Waals surface area (Å²) in [5, 5.41) is 9.67. The van der Waals surface area contributed by atoms with Gasteiger partial charge in [0.2, 0.25) is 0 Å². The molecule has 2 aromatic rings. The molecule has 13 heavy (non-hydrogen) atoms. The van der Waals surface area contributed by atoms with Crippen molar-refractivity contribution >= 4 is 30.2 Å². The van der Waals surface area contributed by atoms with Gasteiger partial charge in [0.15, 0.2) is 0 Å². The van der Waals surface area contributed by atoms with E-state index in [2.05, 4.69) is 4.98 Å². The van der Waals surface area contributed by atoms with Crippen LogP contribution in [0.5, 0.6) is 0 Å². The first-order valence-electron chi connectivity index (χ1n) is 3.99. The zero-order valence-electron chi connectivity index (χ0n) is 7.16. The first-order valence-corrected chi connectivity index (χ1v) is 3.99. The number of benzene rings is 1. The van der Waals surface area contributed by atoms with Gasteiger partial charge in [-0.25, -0.2) is 4.79 Å². The van der Waals surface area contributed by atoms with E-state index in [0.717, 1.165) is 16.4 Å². The molecule has 0 bridgehead atoms. The smallest absolute Gasteiger partial charge is 0.352 e. The molecule has 0 amide bonds. The molecule has 0 saturated carbocycles. The van der Waals surface area contributed by atoms with E-state index < -0.39 is 5.97 Å². The minimum Gasteiger partial charge on any atom is -0.477 e. The van der Waals surface area contributed by atoms with E-state index in [9.17, 15) is 4.79 Å². The highest BCUT2D eigenvalue weighted by molar-refractivity contribution is 6.33. The van der Waals surface area contributed by atoms with Crippen LogP contribution in [0.2, 0.25) is 0 Å². The largest absolute Gasteiger partial charge is 0.477 e. The summed E-state index contributed by atoms with van der Waals surface area (Å²) in [5.41, 5.74) is 2.23. The predicted molar refractivity (Wildman–Crippen MR) is 53.4 cm³/mol. The molecular formula is C9H8BNO2. The number of carbonyl (C=O) groups is 1. The topological polar surface area (TPSA) is 53.1 Å². The second kappa shape index (κ2) is 2.66. The Hall–Kier alpha value is -1.71. The van der Waals surface area contributed by atoms with E-state index in [0.29, 0.717) is 0 Å². The normalized spacial score (nSPS) is 10.5. The summed E-state index contributed by atoms with van der Waals surface area (Å²) in [6.45, 7) is 0. The average molecular weight is 173 g/mol. The van der Waals surface area contributed by atoms with Gasteiger partial charge in [0, 0.05) is 5.52 Å². The number of aromatic nitrogens is 1. The summed E-state index contributed by atoms with van der Waals surface area (Å²) in [4.78, 5) is 13.4. The lowest BCUT2D eigenvalue weighted by Crippen LogP contribution is -1.98. The van der Waals surface area contributed by atoms with Gasteiger partial charge in [0.05, 0.1) is 0 Å². The third kappa shape index (κ3) is 1.31. The number of nitrogens with one attached hydrogen (secondary N) is 1. The van der Waals surface area contributed by atoms with Gasteiger partial charge < -0.3 is 10.1 Å². The molecule has 1 heterocycles. The Labute approximate surface area is 75.8 Å². The lowest BCUT2D eigenvalue weighted by atomic mass is 9.95. The maximum Gasteiger partial charge on any atom is 0.352 e. The Morgan fingerprint density at radius 1 is 1.38 bits per heavy atom. The van der Waals surface area contributed by atoms with Gasteiger partial charge in [0.1, 0.15) is 13.5 Å². The van der Waals surface area contributed by atoms with Crippen molar-refractivity contribution < 1.29 is 9.90 Å². The standard InChI is InChI=1S/C9H8BNO2/c10-6-1-2-7-5(3-6)4-8(11-7)9(12)13/h1-4,11H,10H2,(H,12,13). The molecule has 0 aliphatic carbocycles. The molecule has 0 spiro atoms. The SMILES string of the molecule is Bc1ccc2[nH]c(C(=O)O)cc2c1. The summed E-state index contributed by atoms with van der Waals surface area (Å²) < 4.78 is 0. The number of carboxylic acids is 1. The number of aromatic amines is 1. The van der Waals surface area contributed by atoms with Crippen LogP contribution in [-0.4, -0.2) is 23.9 Å². The molecule has 0 fully saturated rings. The van der Waals surface area contributed by atoms with Crippen LogP contribution in [0.4, 0.5) is 0 Å². The molecule has 2 rings (SSSR count). The molecule has 0 unspecified atom stereocenters. The molecule has 64 valence electrons. The molecule has 1 aromatic carbocycles. The van der Waals surface area contributed by atoms with Gasteiger partial charge in [-0.1, -0.05) is 17.6 Å². The average Bonchev–Trinajstić information content (AvgIpc) is 2.46. The van der Waals surface area contributed by atoms with E-state index in [-0.39, 0.29) is 5.69 Å². The van der Waals surface area contributed by atoms with Crippen LogP contribution < -0.4 is 5.46 Å². The fourth-order valence-electron chi connectivity index (χ4n) is 1.37. The first kappa shape index (κ1) is 7.92. The molecule has 3 nitrogen and oxygen atoms in total. The maximum atomic E-state index is 10.6. The second-order valence-electron chi connectivity index (χ2n) is 3.08. The Kier molecular flexibility index (Phi) is 1.62. The zero-order valence-corrected chi connectivity index (χ0v) is 7.16. The van der Waals surface area contributed by atoms with Crippen molar-refractivity contribution in [3.05, 3.63) is 30.0 Å². The number of aromatic carboxylic acids is 1. The van der Waals surface area contributed by atoms with Crippen LogP contribution in [0.1, 0.15) is 10.5 Å². The summed E-state index contributed by atoms with van der Waals surface area (Å²) in [6, 6.07) is 7.44. The number of carboxylic acid groups (broad SMARTS) is 1. The molecule has 0 saturated heterocycles. The Bertz CT molecular complexity index is 475. The lowest BCUT2D eigenvalue weighted by molar-refractivity contribution is 0.0691. The van der Waals surface area contributed by atoms with Crippen LogP contribution >= 0.6 is 0 Å². The van der Waals surface area contributed by atoms with Crippen LogP contribution in [0.15, 0.2) is 24.3 Å². The summed E-state index contributed by atoms with van der Waals surface area (Å²) in [5.74, 6) is -0.922. The molecular weight excluding hydrogens is 165 g/mol. The Balaban J connectivity index is 2.68. The van der Waals surface area contributed by atoms with Gasteiger partial charge in [-0.05, 0) is 17.5 Å². The third-order valence-corrected chi connectivity index (χ3v) is 2.01. The Morgan fingerprint density at radius 2 is 2.15 bits per heavy atom. The van der Waals surface area contributed by atoms with Gasteiger partial charge >= 0.3 is 5.97 Å². The van der Waals surface area contributed by atoms with Gasteiger partial charge in [0.25, 0.3) is 0 Å². The van der Waals surface area contributed by atoms with Crippen molar-refractivity contribution in [2.24, 2.45) is 0 Å². The molecule has 0 aliphatic rings. The van der Waals surface area contributed by atoms with Crippen molar-refractivity contribution in [2.45, 2.75) is 0 Å². The minimum absolute atomic E-state index is 0.237. The second-order valence-corrected chi connectivity index (χ2v) is 3.08. The quantitative estimate of drug-likeness (QED) is 0.602. The van der Waals surface area contributed by atoms with Crippen LogP contribution in [-0.2, 0) is 0 Å². The lowest BCUT2D eigenvalue weighted by Gasteiger charge is -1.90. The van der Waals surface area contributed by atoms with Gasteiger partial charge in [-0.15, -0.1) is 0 Å². The third-order valence-electron chi connectivity index (χ3n) is 2.01. The van der Waals surface area contributed by atoms with Gasteiger partial charge in [-0.2, -0.15) is 0 Å². The predicted octanol–water partition coefficient (Wildman–Crippen LogP) is 0.125. The number of hydrogen-bond acceptors (Lipinski definition) is 1. The van der Waals surface area contributed by atoms with E-state index in [1.807, 2.05) is 26.0 Å². The highest BCUT2D eigenvalue weighted by atomic mass is 16.4. The first-order chi connectivity index (χ1) is 6.16. The van der Waals surface area contributed by atoms with E-state index in [4.69, 9.17) is 5.11 Å². The highest BCUT2D eigenvalue weighted by Crippen LogP contribution is 2.13. The summed E-state index contributed by atoms with van der Waals surface area (Å²) in [6.07, 6.45) is 0. The Morgan fingerprint density at radius 3 is 2.85 bits per heavy atom. The van der Waals surface area contributed by atoms with E-state index in [1.165, 1.54) is 0 Å². The van der Waals surface area contributed by atoms with Crippen molar-refractivity contribution in [2.75, 3.05) is 0 Å². The summed E-state index contributed by atoms with van der Waals surface area (Å²) >= 11 is 0. The fraction of sp³-hybridized carbons (Fsp3) is 0. The van der Waals surface area contributed by atoms with Crippen molar-refractivity contribution in [3.63, 3.8) is 0 Å². The molecule has 0 radical (unpaired) electrons. The van der Waals surface area contributed by atoms with Gasteiger partial charge in [-0.3, -0.25) is 0 Å². The molecule has 4 heteroatoms. The monoisotopic (exact) mass is 173 g/mol. The van der Waals surface area contributed by atoms with E-state index in [1.54, 1.807) is 6.07 Å². The van der Waals surface area contributed by atoms with Crippen molar-refractivity contribution in [1.82, 2.24) is 4.98 Å². The van der Waals surface area contributed by atoms with Crippen molar-refractivity contribution in [1.29, 1.82) is 0 Å². The molecule has 0 aliphatic heterocycles. The number of H-pyrrole nitrogens is 1. The molecule has 0 atom stereocenters. The minimum atomic E-state index is -0.922.